The van der Waals surface area contributed by atoms with Crippen LogP contribution in [-0.4, -0.2) is 42.5 Å². The second kappa shape index (κ2) is 11.1. The molecule has 0 aliphatic carbocycles. The normalized spacial score (nSPS) is 12.6. The first kappa shape index (κ1) is 26.4. The zero-order valence-corrected chi connectivity index (χ0v) is 22.2. The Morgan fingerprint density at radius 3 is 2.16 bits per heavy atom. The molecule has 0 saturated heterocycles. The molecule has 0 fully saturated rings. The van der Waals surface area contributed by atoms with Crippen LogP contribution in [0.5, 0.6) is 11.5 Å². The predicted molar refractivity (Wildman–Crippen MR) is 144 cm³/mol. The van der Waals surface area contributed by atoms with Crippen LogP contribution in [-0.2, 0) is 10.0 Å². The minimum atomic E-state index is -3.91. The number of methoxy groups -OCH3 is 1. The van der Waals surface area contributed by atoms with Crippen LogP contribution in [0.25, 0.3) is 16.6 Å². The first-order chi connectivity index (χ1) is 17.8. The van der Waals surface area contributed by atoms with Crippen LogP contribution in [0.1, 0.15) is 39.1 Å². The van der Waals surface area contributed by atoms with Gasteiger partial charge >= 0.3 is 0 Å². The molecule has 194 valence electrons. The van der Waals surface area contributed by atoms with Crippen LogP contribution in [0.4, 0.5) is 0 Å². The molecule has 0 radical (unpaired) electrons. The van der Waals surface area contributed by atoms with Crippen molar-refractivity contribution >= 4 is 20.9 Å². The summed E-state index contributed by atoms with van der Waals surface area (Å²) in [6.07, 6.45) is 0.408. The molecule has 0 aliphatic rings. The van der Waals surface area contributed by atoms with Crippen molar-refractivity contribution in [2.45, 2.75) is 38.1 Å². The summed E-state index contributed by atoms with van der Waals surface area (Å²) < 4.78 is 41.3. The number of rotatable bonds is 10. The van der Waals surface area contributed by atoms with Crippen molar-refractivity contribution in [3.8, 4) is 17.2 Å². The van der Waals surface area contributed by atoms with Crippen molar-refractivity contribution in [3.05, 3.63) is 89.0 Å². The van der Waals surface area contributed by atoms with Gasteiger partial charge in [-0.25, -0.2) is 13.4 Å². The molecule has 0 spiro atoms. The van der Waals surface area contributed by atoms with Gasteiger partial charge < -0.3 is 9.47 Å². The molecule has 37 heavy (non-hydrogen) atoms. The van der Waals surface area contributed by atoms with E-state index in [1.165, 1.54) is 28.1 Å². The number of fused-ring (bicyclic) bond motifs is 1. The van der Waals surface area contributed by atoms with Gasteiger partial charge in [0, 0.05) is 6.54 Å². The Bertz CT molecular complexity index is 1530. The molecule has 8 nitrogen and oxygen atoms in total. The van der Waals surface area contributed by atoms with Crippen LogP contribution in [0.15, 0.2) is 82.5 Å². The monoisotopic (exact) mass is 521 g/mol. The van der Waals surface area contributed by atoms with E-state index in [0.29, 0.717) is 46.9 Å². The Morgan fingerprint density at radius 2 is 1.57 bits per heavy atom. The largest absolute Gasteiger partial charge is 0.497 e. The number of aromatic nitrogens is 2. The molecule has 1 aromatic heterocycles. The van der Waals surface area contributed by atoms with Gasteiger partial charge in [0.15, 0.2) is 0 Å². The molecule has 1 atom stereocenters. The van der Waals surface area contributed by atoms with E-state index in [2.05, 4.69) is 0 Å². The number of hydrogen-bond acceptors (Lipinski definition) is 6. The lowest BCUT2D eigenvalue weighted by atomic mass is 10.1. The van der Waals surface area contributed by atoms with Gasteiger partial charge in [-0.1, -0.05) is 26.0 Å². The molecule has 4 rings (SSSR count). The highest BCUT2D eigenvalue weighted by molar-refractivity contribution is 7.89. The van der Waals surface area contributed by atoms with E-state index in [1.54, 1.807) is 61.5 Å². The van der Waals surface area contributed by atoms with Crippen molar-refractivity contribution in [2.24, 2.45) is 0 Å². The van der Waals surface area contributed by atoms with Gasteiger partial charge in [0.2, 0.25) is 10.0 Å². The first-order valence-corrected chi connectivity index (χ1v) is 13.7. The van der Waals surface area contributed by atoms with Gasteiger partial charge in [0.05, 0.1) is 41.2 Å². The van der Waals surface area contributed by atoms with Crippen LogP contribution in [0.2, 0.25) is 0 Å². The standard InChI is InChI=1S/C28H31N3O5S/c1-5-26(30(6-2)37(33,34)23-18-16-21(35-4)17-19-23)27-29-25-11-9-8-10-24(25)28(32)31(27)20-12-14-22(15-13-20)36-7-3/h8-19,26H,5-7H2,1-4H3. The van der Waals surface area contributed by atoms with Crippen molar-refractivity contribution in [2.75, 3.05) is 20.3 Å². The molecule has 9 heteroatoms. The Hall–Kier alpha value is -3.69. The van der Waals surface area contributed by atoms with E-state index < -0.39 is 16.1 Å². The molecule has 1 unspecified atom stereocenters. The third kappa shape index (κ3) is 5.10. The molecule has 0 N–H and O–H groups in total. The number of nitrogens with zero attached hydrogens (tertiary/aromatic N) is 3. The second-order valence-electron chi connectivity index (χ2n) is 8.36. The van der Waals surface area contributed by atoms with Crippen LogP contribution in [0.3, 0.4) is 0 Å². The molecule has 4 aromatic rings. The second-order valence-corrected chi connectivity index (χ2v) is 10.3. The van der Waals surface area contributed by atoms with Gasteiger partial charge in [-0.2, -0.15) is 4.31 Å². The quantitative estimate of drug-likeness (QED) is 0.293. The van der Waals surface area contributed by atoms with E-state index >= 15 is 0 Å². The number of ether oxygens (including phenoxy) is 2. The van der Waals surface area contributed by atoms with Crippen molar-refractivity contribution in [1.82, 2.24) is 13.9 Å². The lowest BCUT2D eigenvalue weighted by Gasteiger charge is -2.30. The lowest BCUT2D eigenvalue weighted by molar-refractivity contribution is 0.312. The summed E-state index contributed by atoms with van der Waals surface area (Å²) >= 11 is 0. The predicted octanol–water partition coefficient (Wildman–Crippen LogP) is 4.95. The van der Waals surface area contributed by atoms with Crippen molar-refractivity contribution in [1.29, 1.82) is 0 Å². The van der Waals surface area contributed by atoms with Crippen LogP contribution >= 0.6 is 0 Å². The van der Waals surface area contributed by atoms with Gasteiger partial charge in [0.1, 0.15) is 17.3 Å². The number of sulfonamides is 1. The molecule has 0 aliphatic heterocycles. The molecule has 0 bridgehead atoms. The third-order valence-electron chi connectivity index (χ3n) is 6.22. The van der Waals surface area contributed by atoms with E-state index in [0.717, 1.165) is 0 Å². The van der Waals surface area contributed by atoms with Gasteiger partial charge in [-0.05, 0) is 74.0 Å². The molecular formula is C28H31N3O5S. The van der Waals surface area contributed by atoms with E-state index in [1.807, 2.05) is 19.9 Å². The zero-order valence-electron chi connectivity index (χ0n) is 21.4. The minimum Gasteiger partial charge on any atom is -0.497 e. The summed E-state index contributed by atoms with van der Waals surface area (Å²) in [7, 11) is -2.38. The summed E-state index contributed by atoms with van der Waals surface area (Å²) in [4.78, 5) is 18.8. The minimum absolute atomic E-state index is 0.143. The number of benzene rings is 3. The maximum Gasteiger partial charge on any atom is 0.266 e. The molecule has 0 amide bonds. The summed E-state index contributed by atoms with van der Waals surface area (Å²) in [6, 6.07) is 19.8. The lowest BCUT2D eigenvalue weighted by Crippen LogP contribution is -2.38. The van der Waals surface area contributed by atoms with Crippen molar-refractivity contribution < 1.29 is 17.9 Å². The van der Waals surface area contributed by atoms with Gasteiger partial charge in [-0.15, -0.1) is 0 Å². The topological polar surface area (TPSA) is 90.7 Å². The number of hydrogen-bond donors (Lipinski definition) is 0. The summed E-state index contributed by atoms with van der Waals surface area (Å²) in [6.45, 7) is 6.29. The summed E-state index contributed by atoms with van der Waals surface area (Å²) in [5.74, 6) is 1.60. The van der Waals surface area contributed by atoms with Crippen molar-refractivity contribution in [3.63, 3.8) is 0 Å². The molecule has 0 saturated carbocycles. The smallest absolute Gasteiger partial charge is 0.266 e. The Labute approximate surface area is 217 Å². The molecular weight excluding hydrogens is 490 g/mol. The average Bonchev–Trinajstić information content (AvgIpc) is 2.92. The zero-order chi connectivity index (χ0) is 26.6. The van der Waals surface area contributed by atoms with E-state index in [9.17, 15) is 13.2 Å². The highest BCUT2D eigenvalue weighted by Gasteiger charge is 2.33. The molecule has 3 aromatic carbocycles. The fourth-order valence-corrected chi connectivity index (χ4v) is 6.11. The van der Waals surface area contributed by atoms with Gasteiger partial charge in [-0.3, -0.25) is 9.36 Å². The molecule has 1 heterocycles. The fourth-order valence-electron chi connectivity index (χ4n) is 4.44. The average molecular weight is 522 g/mol. The van der Waals surface area contributed by atoms with Crippen LogP contribution < -0.4 is 15.0 Å². The van der Waals surface area contributed by atoms with E-state index in [-0.39, 0.29) is 17.0 Å². The van der Waals surface area contributed by atoms with Gasteiger partial charge in [0.25, 0.3) is 5.56 Å². The summed E-state index contributed by atoms with van der Waals surface area (Å²) in [5.41, 5.74) is 0.834. The number of para-hydroxylation sites is 1. The fraction of sp³-hybridized carbons (Fsp3) is 0.286. The third-order valence-corrected chi connectivity index (χ3v) is 8.22. The highest BCUT2D eigenvalue weighted by atomic mass is 32.2. The first-order valence-electron chi connectivity index (χ1n) is 12.3. The maximum absolute atomic E-state index is 13.8. The SMILES string of the molecule is CCOc1ccc(-n2c(C(CC)N(CC)S(=O)(=O)c3ccc(OC)cc3)nc3ccccc3c2=O)cc1. The Kier molecular flexibility index (Phi) is 7.94. The highest BCUT2D eigenvalue weighted by Crippen LogP contribution is 2.31. The summed E-state index contributed by atoms with van der Waals surface area (Å²) in [5, 5.41) is 0.455. The Morgan fingerprint density at radius 1 is 0.919 bits per heavy atom. The maximum atomic E-state index is 13.8. The van der Waals surface area contributed by atoms with E-state index in [4.69, 9.17) is 14.5 Å². The Balaban J connectivity index is 1.92. The van der Waals surface area contributed by atoms with Crippen LogP contribution in [0, 0.1) is 0 Å².